The summed E-state index contributed by atoms with van der Waals surface area (Å²) in [6.07, 6.45) is -8.16. The van der Waals surface area contributed by atoms with E-state index in [2.05, 4.69) is 15.9 Å². The van der Waals surface area contributed by atoms with Crippen molar-refractivity contribution in [3.05, 3.63) is 136 Å². The lowest BCUT2D eigenvalue weighted by Crippen LogP contribution is -2.29. The number of rotatable bonds is 6. The molecule has 0 spiro atoms. The summed E-state index contributed by atoms with van der Waals surface area (Å²) in [5, 5.41) is 18.0. The highest BCUT2D eigenvalue weighted by Crippen LogP contribution is 2.29. The van der Waals surface area contributed by atoms with Crippen molar-refractivity contribution in [1.29, 1.82) is 0 Å². The molecule has 45 heavy (non-hydrogen) atoms. The summed E-state index contributed by atoms with van der Waals surface area (Å²) < 4.78 is 73.3. The number of alkyl halides is 7. The lowest BCUT2D eigenvalue weighted by atomic mass is 9.80. The maximum atomic E-state index is 12.4. The van der Waals surface area contributed by atoms with Crippen LogP contribution in [-0.2, 0) is 24.1 Å². The summed E-state index contributed by atoms with van der Waals surface area (Å²) in [5.74, 6) is 0.109. The van der Waals surface area contributed by atoms with Gasteiger partial charge in [0.1, 0.15) is 0 Å². The van der Waals surface area contributed by atoms with Gasteiger partial charge < -0.3 is 10.0 Å². The van der Waals surface area contributed by atoms with Gasteiger partial charge >= 0.3 is 19.5 Å². The van der Waals surface area contributed by atoms with Crippen molar-refractivity contribution in [1.82, 2.24) is 0 Å². The Kier molecular flexibility index (Phi) is 15.4. The molecular formula is C33H32BBrF6O4. The molecule has 4 aromatic rings. The van der Waals surface area contributed by atoms with E-state index < -0.39 is 30.6 Å². The van der Waals surface area contributed by atoms with Gasteiger partial charge in [-0.25, -0.2) is 0 Å². The number of carbonyl (C=O) groups excluding carboxylic acids is 2. The second-order valence-corrected chi connectivity index (χ2v) is 10.1. The first-order chi connectivity index (χ1) is 20.5. The maximum absolute atomic E-state index is 12.4. The zero-order chi connectivity index (χ0) is 33.1. The van der Waals surface area contributed by atoms with E-state index in [-0.39, 0.29) is 24.5 Å². The van der Waals surface area contributed by atoms with Crippen molar-refractivity contribution < 1.29 is 46.0 Å². The molecule has 0 bridgehead atoms. The van der Waals surface area contributed by atoms with Crippen molar-refractivity contribution in [3.8, 4) is 0 Å². The van der Waals surface area contributed by atoms with Gasteiger partial charge in [-0.15, -0.1) is 0 Å². The SMILES string of the molecule is C.CC(=O)c1ccc(CBr)cc1.CC(=O)c1ccc(Cc2ccc(C(F)(F)F)cc2)cc1.OB(O)c1ccc(C(F)(F)F)cc1. The van der Waals surface area contributed by atoms with Gasteiger partial charge in [-0.05, 0) is 54.6 Å². The van der Waals surface area contributed by atoms with Crippen molar-refractivity contribution >= 4 is 40.1 Å². The van der Waals surface area contributed by atoms with E-state index in [1.165, 1.54) is 24.6 Å². The fourth-order valence-corrected chi connectivity index (χ4v) is 3.95. The Bertz CT molecular complexity index is 1490. The van der Waals surface area contributed by atoms with Crippen LogP contribution < -0.4 is 5.46 Å². The van der Waals surface area contributed by atoms with Gasteiger partial charge in [0.25, 0.3) is 0 Å². The second kappa shape index (κ2) is 17.7. The first-order valence-electron chi connectivity index (χ1n) is 13.0. The van der Waals surface area contributed by atoms with Gasteiger partial charge in [0.15, 0.2) is 11.6 Å². The number of Topliss-reactive ketones (excluding diaryl/α,β-unsaturated/α-hetero) is 2. The number of carbonyl (C=O) groups is 2. The Hall–Kier alpha value is -3.74. The van der Waals surface area contributed by atoms with E-state index in [4.69, 9.17) is 10.0 Å². The van der Waals surface area contributed by atoms with Gasteiger partial charge in [0.2, 0.25) is 0 Å². The molecule has 0 amide bonds. The highest BCUT2D eigenvalue weighted by atomic mass is 79.9. The normalized spacial score (nSPS) is 10.7. The number of ketones is 2. The van der Waals surface area contributed by atoms with E-state index >= 15 is 0 Å². The molecule has 0 aromatic heterocycles. The largest absolute Gasteiger partial charge is 0.488 e. The average Bonchev–Trinajstić information content (AvgIpc) is 2.97. The van der Waals surface area contributed by atoms with Crippen LogP contribution in [-0.4, -0.2) is 28.7 Å². The van der Waals surface area contributed by atoms with Crippen molar-refractivity contribution in [2.45, 2.75) is 45.4 Å². The van der Waals surface area contributed by atoms with Crippen LogP contribution in [0.3, 0.4) is 0 Å². The van der Waals surface area contributed by atoms with Gasteiger partial charge in [-0.1, -0.05) is 108 Å². The summed E-state index contributed by atoms with van der Waals surface area (Å²) in [7, 11) is -1.73. The topological polar surface area (TPSA) is 74.6 Å². The fraction of sp³-hybridized carbons (Fsp3) is 0.212. The number of benzene rings is 4. The van der Waals surface area contributed by atoms with Gasteiger partial charge in [0, 0.05) is 16.5 Å². The van der Waals surface area contributed by atoms with E-state index in [1.807, 2.05) is 36.4 Å². The molecule has 4 aromatic carbocycles. The molecule has 2 N–H and O–H groups in total. The number of hydrogen-bond donors (Lipinski definition) is 2. The molecule has 0 saturated carbocycles. The molecule has 0 aliphatic rings. The average molecular weight is 697 g/mol. The Morgan fingerprint density at radius 3 is 1.20 bits per heavy atom. The van der Waals surface area contributed by atoms with Gasteiger partial charge in [-0.3, -0.25) is 9.59 Å². The highest BCUT2D eigenvalue weighted by Gasteiger charge is 2.31. The predicted octanol–water partition coefficient (Wildman–Crippen LogP) is 8.30. The molecule has 4 rings (SSSR count). The van der Waals surface area contributed by atoms with Crippen LogP contribution in [0.25, 0.3) is 0 Å². The molecule has 240 valence electrons. The Morgan fingerprint density at radius 1 is 0.600 bits per heavy atom. The zero-order valence-electron chi connectivity index (χ0n) is 23.6. The van der Waals surface area contributed by atoms with Gasteiger partial charge in [-0.2, -0.15) is 26.3 Å². The molecule has 0 aliphatic carbocycles. The van der Waals surface area contributed by atoms with Gasteiger partial charge in [0.05, 0.1) is 11.1 Å². The summed E-state index contributed by atoms with van der Waals surface area (Å²) >= 11 is 3.33. The quantitative estimate of drug-likeness (QED) is 0.0921. The second-order valence-electron chi connectivity index (χ2n) is 9.50. The molecule has 0 unspecified atom stereocenters. The minimum atomic E-state index is -4.39. The summed E-state index contributed by atoms with van der Waals surface area (Å²) in [6.45, 7) is 3.06. The lowest BCUT2D eigenvalue weighted by Gasteiger charge is -2.08. The number of halogens is 7. The molecule has 0 saturated heterocycles. The zero-order valence-corrected chi connectivity index (χ0v) is 25.2. The Labute approximate surface area is 267 Å². The van der Waals surface area contributed by atoms with E-state index in [9.17, 15) is 35.9 Å². The number of hydrogen-bond acceptors (Lipinski definition) is 4. The van der Waals surface area contributed by atoms with E-state index in [0.29, 0.717) is 12.0 Å². The molecule has 4 nitrogen and oxygen atoms in total. The molecule has 12 heteroatoms. The third kappa shape index (κ3) is 13.4. The molecule has 0 atom stereocenters. The summed E-state index contributed by atoms with van der Waals surface area (Å²) in [5.41, 5.74) is 2.92. The maximum Gasteiger partial charge on any atom is 0.488 e. The van der Waals surface area contributed by atoms with Crippen molar-refractivity contribution in [2.24, 2.45) is 0 Å². The van der Waals surface area contributed by atoms with Crippen molar-refractivity contribution in [3.63, 3.8) is 0 Å². The fourth-order valence-electron chi connectivity index (χ4n) is 3.58. The Balaban J connectivity index is 0.000000353. The third-order valence-electron chi connectivity index (χ3n) is 6.10. The summed E-state index contributed by atoms with van der Waals surface area (Å²) in [4.78, 5) is 22.0. The van der Waals surface area contributed by atoms with Crippen LogP contribution in [0.15, 0.2) is 97.1 Å². The smallest absolute Gasteiger partial charge is 0.423 e. The first-order valence-corrected chi connectivity index (χ1v) is 14.1. The van der Waals surface area contributed by atoms with Crippen LogP contribution in [0.1, 0.15) is 69.8 Å². The highest BCUT2D eigenvalue weighted by molar-refractivity contribution is 9.08. The molecular weight excluding hydrogens is 665 g/mol. The first kappa shape index (κ1) is 39.3. The Morgan fingerprint density at radius 2 is 0.911 bits per heavy atom. The molecule has 0 aliphatic heterocycles. The van der Waals surface area contributed by atoms with Crippen LogP contribution >= 0.6 is 15.9 Å². The monoisotopic (exact) mass is 696 g/mol. The predicted molar refractivity (Wildman–Crippen MR) is 168 cm³/mol. The van der Waals surface area contributed by atoms with Crippen LogP contribution in [0, 0.1) is 0 Å². The molecule has 0 radical (unpaired) electrons. The standard InChI is InChI=1S/C16H13F3O.C9H9BrO.C7H6BF3O2.CH4/c1-11(20)14-6-2-12(3-7-14)10-13-4-8-15(9-5-13)16(17,18)19;1-7(11)9-4-2-8(6-10)3-5-9;9-7(10,11)5-1-3-6(4-2-5)8(12)13;/h2-9H,10H2,1H3;2-5H,6H2,1H3;1-4,12-13H;1H4. The van der Waals surface area contributed by atoms with E-state index in [1.54, 1.807) is 19.1 Å². The van der Waals surface area contributed by atoms with Crippen LogP contribution in [0.4, 0.5) is 26.3 Å². The van der Waals surface area contributed by atoms with Crippen LogP contribution in [0.2, 0.25) is 0 Å². The lowest BCUT2D eigenvalue weighted by molar-refractivity contribution is -0.138. The minimum absolute atomic E-state index is 0. The van der Waals surface area contributed by atoms with Crippen LogP contribution in [0.5, 0.6) is 0 Å². The minimum Gasteiger partial charge on any atom is -0.423 e. The third-order valence-corrected chi connectivity index (χ3v) is 6.75. The summed E-state index contributed by atoms with van der Waals surface area (Å²) in [6, 6.07) is 23.4. The van der Waals surface area contributed by atoms with E-state index in [0.717, 1.165) is 58.4 Å². The molecule has 0 heterocycles. The van der Waals surface area contributed by atoms with Crippen molar-refractivity contribution in [2.75, 3.05) is 0 Å². The molecule has 0 fully saturated rings.